The summed E-state index contributed by atoms with van der Waals surface area (Å²) in [4.78, 5) is 18.9. The van der Waals surface area contributed by atoms with E-state index in [9.17, 15) is 4.79 Å². The molecule has 0 amide bonds. The monoisotopic (exact) mass is 436 g/mol. The second-order valence-corrected chi connectivity index (χ2v) is 9.30. The molecule has 0 radical (unpaired) electrons. The molecule has 32 heavy (non-hydrogen) atoms. The fraction of sp³-hybridized carbons (Fsp3) is 0.583. The fourth-order valence-corrected chi connectivity index (χ4v) is 5.26. The van der Waals surface area contributed by atoms with Crippen molar-refractivity contribution >= 4 is 10.9 Å². The van der Waals surface area contributed by atoms with Gasteiger partial charge >= 0.3 is 0 Å². The molecule has 8 heteroatoms. The van der Waals surface area contributed by atoms with E-state index in [4.69, 9.17) is 4.74 Å². The van der Waals surface area contributed by atoms with Crippen LogP contribution in [0, 0.1) is 13.8 Å². The van der Waals surface area contributed by atoms with Crippen molar-refractivity contribution in [2.45, 2.75) is 71.1 Å². The summed E-state index contributed by atoms with van der Waals surface area (Å²) < 4.78 is 7.70. The van der Waals surface area contributed by atoms with Crippen molar-refractivity contribution in [1.82, 2.24) is 30.1 Å². The van der Waals surface area contributed by atoms with Crippen molar-refractivity contribution in [2.24, 2.45) is 0 Å². The first-order valence-electron chi connectivity index (χ1n) is 11.9. The first kappa shape index (κ1) is 21.3. The summed E-state index contributed by atoms with van der Waals surface area (Å²) in [5.74, 6) is 0.733. The molecule has 0 aliphatic carbocycles. The number of likely N-dealkylation sites (tertiary alicyclic amines) is 1. The summed E-state index contributed by atoms with van der Waals surface area (Å²) in [6.07, 6.45) is 6.89. The predicted molar refractivity (Wildman–Crippen MR) is 123 cm³/mol. The quantitative estimate of drug-likeness (QED) is 0.660. The maximum Gasteiger partial charge on any atom is 0.253 e. The second kappa shape index (κ2) is 9.11. The molecule has 0 bridgehead atoms. The highest BCUT2D eigenvalue weighted by molar-refractivity contribution is 5.83. The third-order valence-electron chi connectivity index (χ3n) is 6.85. The van der Waals surface area contributed by atoms with Crippen LogP contribution in [0.15, 0.2) is 23.0 Å². The average molecular weight is 437 g/mol. The first-order valence-corrected chi connectivity index (χ1v) is 11.9. The third kappa shape index (κ3) is 4.21. The molecule has 0 saturated carbocycles. The first-order chi connectivity index (χ1) is 15.6. The minimum atomic E-state index is -0.279. The van der Waals surface area contributed by atoms with Crippen LogP contribution in [0.1, 0.15) is 67.1 Å². The molecule has 1 N–H and O–H groups in total. The van der Waals surface area contributed by atoms with E-state index in [1.165, 1.54) is 12.8 Å². The van der Waals surface area contributed by atoms with Crippen LogP contribution in [-0.4, -0.2) is 55.9 Å². The van der Waals surface area contributed by atoms with E-state index in [1.54, 1.807) is 0 Å². The summed E-state index contributed by atoms with van der Waals surface area (Å²) in [6, 6.07) is 5.98. The zero-order valence-corrected chi connectivity index (χ0v) is 19.0. The number of hydrogen-bond acceptors (Lipinski definition) is 6. The van der Waals surface area contributed by atoms with Crippen molar-refractivity contribution in [3.8, 4) is 0 Å². The van der Waals surface area contributed by atoms with Gasteiger partial charge in [-0.05, 0) is 86.3 Å². The molecular weight excluding hydrogens is 404 g/mol. The van der Waals surface area contributed by atoms with Crippen LogP contribution in [0.25, 0.3) is 10.9 Å². The molecule has 3 aromatic rings. The SMILES string of the molecule is Cc1cc(C)c2cc([C@H](c3nnnn3C[C@@H]3CCCO3)N3CCCCCC3)c(=O)[nH]c2c1. The molecule has 2 aromatic heterocycles. The third-order valence-corrected chi connectivity index (χ3v) is 6.85. The van der Waals surface area contributed by atoms with Gasteiger partial charge in [-0.25, -0.2) is 4.68 Å². The molecular formula is C24H32N6O2. The molecule has 5 rings (SSSR count). The molecule has 1 aromatic carbocycles. The van der Waals surface area contributed by atoms with E-state index in [2.05, 4.69) is 51.4 Å². The van der Waals surface area contributed by atoms with Crippen molar-refractivity contribution in [3.05, 3.63) is 51.1 Å². The highest BCUT2D eigenvalue weighted by atomic mass is 16.5. The molecule has 2 aliphatic rings. The number of ether oxygens (including phenoxy) is 1. The lowest BCUT2D eigenvalue weighted by Gasteiger charge is -2.30. The number of nitrogens with zero attached hydrogens (tertiary/aromatic N) is 5. The number of aromatic amines is 1. The van der Waals surface area contributed by atoms with Gasteiger partial charge in [-0.1, -0.05) is 18.9 Å². The van der Waals surface area contributed by atoms with Gasteiger partial charge in [-0.2, -0.15) is 0 Å². The molecule has 2 atom stereocenters. The van der Waals surface area contributed by atoms with Crippen molar-refractivity contribution in [3.63, 3.8) is 0 Å². The number of hydrogen-bond donors (Lipinski definition) is 1. The maximum absolute atomic E-state index is 13.4. The highest BCUT2D eigenvalue weighted by Crippen LogP contribution is 2.30. The standard InChI is InChI=1S/C24H32N6O2/c1-16-12-17(2)19-14-20(24(31)25-21(19)13-16)22(29-9-5-3-4-6-10-29)23-26-27-28-30(23)15-18-8-7-11-32-18/h12-14,18,22H,3-11,15H2,1-2H3,(H,25,31)/t18-,22+/m0/s1. The molecule has 4 heterocycles. The van der Waals surface area contributed by atoms with Crippen LogP contribution in [-0.2, 0) is 11.3 Å². The van der Waals surface area contributed by atoms with Crippen LogP contribution in [0.5, 0.6) is 0 Å². The van der Waals surface area contributed by atoms with Gasteiger partial charge in [-0.15, -0.1) is 5.10 Å². The van der Waals surface area contributed by atoms with Gasteiger partial charge in [0.1, 0.15) is 6.04 Å². The van der Waals surface area contributed by atoms with E-state index >= 15 is 0 Å². The second-order valence-electron chi connectivity index (χ2n) is 9.30. The zero-order chi connectivity index (χ0) is 22.1. The Morgan fingerprint density at radius 2 is 1.94 bits per heavy atom. The summed E-state index contributed by atoms with van der Waals surface area (Å²) in [7, 11) is 0. The Morgan fingerprint density at radius 1 is 1.12 bits per heavy atom. The number of rotatable bonds is 5. The number of pyridine rings is 1. The van der Waals surface area contributed by atoms with Crippen LogP contribution in [0.4, 0.5) is 0 Å². The Labute approximate surface area is 188 Å². The fourth-order valence-electron chi connectivity index (χ4n) is 5.26. The van der Waals surface area contributed by atoms with Gasteiger partial charge < -0.3 is 9.72 Å². The number of aryl methyl sites for hydroxylation is 2. The summed E-state index contributed by atoms with van der Waals surface area (Å²) in [6.45, 7) is 7.43. The van der Waals surface area contributed by atoms with Gasteiger partial charge in [0.2, 0.25) is 0 Å². The lowest BCUT2D eigenvalue weighted by atomic mass is 9.99. The molecule has 0 unspecified atom stereocenters. The molecule has 0 spiro atoms. The minimum absolute atomic E-state index is 0.0663. The van der Waals surface area contributed by atoms with Gasteiger partial charge in [0.25, 0.3) is 5.56 Å². The molecule has 2 fully saturated rings. The zero-order valence-electron chi connectivity index (χ0n) is 19.0. The average Bonchev–Trinajstić information content (AvgIpc) is 3.36. The predicted octanol–water partition coefficient (Wildman–Crippen LogP) is 3.28. The van der Waals surface area contributed by atoms with Crippen molar-refractivity contribution in [1.29, 1.82) is 0 Å². The van der Waals surface area contributed by atoms with Gasteiger partial charge in [0, 0.05) is 23.1 Å². The summed E-state index contributed by atoms with van der Waals surface area (Å²) >= 11 is 0. The maximum atomic E-state index is 13.4. The topological polar surface area (TPSA) is 88.9 Å². The molecule has 2 aliphatic heterocycles. The number of aromatic nitrogens is 5. The number of nitrogens with one attached hydrogen (secondary N) is 1. The van der Waals surface area contributed by atoms with Gasteiger partial charge in [0.05, 0.1) is 12.6 Å². The summed E-state index contributed by atoms with van der Waals surface area (Å²) in [5.41, 5.74) is 3.83. The molecule has 170 valence electrons. The Kier molecular flexibility index (Phi) is 6.06. The Hall–Kier alpha value is -2.58. The van der Waals surface area contributed by atoms with Crippen LogP contribution < -0.4 is 5.56 Å². The summed E-state index contributed by atoms with van der Waals surface area (Å²) in [5, 5.41) is 13.8. The number of tetrazole rings is 1. The largest absolute Gasteiger partial charge is 0.376 e. The number of benzene rings is 1. The lowest BCUT2D eigenvalue weighted by Crippen LogP contribution is -2.36. The van der Waals surface area contributed by atoms with Crippen LogP contribution >= 0.6 is 0 Å². The van der Waals surface area contributed by atoms with E-state index in [0.717, 1.165) is 78.8 Å². The van der Waals surface area contributed by atoms with E-state index < -0.39 is 0 Å². The van der Waals surface area contributed by atoms with E-state index in [-0.39, 0.29) is 17.7 Å². The normalized spacial score (nSPS) is 21.1. The number of fused-ring (bicyclic) bond motifs is 1. The molecule has 2 saturated heterocycles. The Morgan fingerprint density at radius 3 is 2.69 bits per heavy atom. The van der Waals surface area contributed by atoms with Crippen molar-refractivity contribution in [2.75, 3.05) is 19.7 Å². The van der Waals surface area contributed by atoms with E-state index in [1.807, 2.05) is 10.7 Å². The minimum Gasteiger partial charge on any atom is -0.376 e. The Bertz CT molecular complexity index is 1140. The Balaban J connectivity index is 1.62. The van der Waals surface area contributed by atoms with Crippen LogP contribution in [0.3, 0.4) is 0 Å². The van der Waals surface area contributed by atoms with Crippen molar-refractivity contribution < 1.29 is 4.74 Å². The van der Waals surface area contributed by atoms with Crippen LogP contribution in [0.2, 0.25) is 0 Å². The van der Waals surface area contributed by atoms with Gasteiger partial charge in [0.15, 0.2) is 5.82 Å². The van der Waals surface area contributed by atoms with Gasteiger partial charge in [-0.3, -0.25) is 9.69 Å². The molecule has 8 nitrogen and oxygen atoms in total. The highest BCUT2D eigenvalue weighted by Gasteiger charge is 2.32. The lowest BCUT2D eigenvalue weighted by molar-refractivity contribution is 0.0909. The number of H-pyrrole nitrogens is 1. The van der Waals surface area contributed by atoms with E-state index in [0.29, 0.717) is 6.54 Å². The smallest absolute Gasteiger partial charge is 0.253 e.